The molecule has 1 aliphatic heterocycles. The Hall–Kier alpha value is -3.19. The molecule has 0 atom stereocenters. The maximum Gasteiger partial charge on any atom is 0.262 e. The Morgan fingerprint density at radius 3 is 2.91 bits per heavy atom. The standard InChI is InChI=1S/C25H26N4O2S/c1-4-26-25-29(28-20-7-5-6-18-16(3)10-15(2)11-19(18)20)22(14-32-25)17-8-9-23-21(12-17)27-24(30)13-31-23/h8-12,14H,4-7,13H2,1-3H3,(H,27,30). The fourth-order valence-corrected chi connectivity index (χ4v) is 5.35. The van der Waals surface area contributed by atoms with E-state index in [4.69, 9.17) is 9.84 Å². The number of benzene rings is 2. The van der Waals surface area contributed by atoms with Crippen molar-refractivity contribution >= 4 is 28.6 Å². The van der Waals surface area contributed by atoms with Crippen LogP contribution >= 0.6 is 11.3 Å². The largest absolute Gasteiger partial charge is 0.482 e. The zero-order valence-corrected chi connectivity index (χ0v) is 19.4. The first-order chi connectivity index (χ1) is 15.5. The number of carbonyl (C=O) groups is 1. The third kappa shape index (κ3) is 3.77. The van der Waals surface area contributed by atoms with Crippen molar-refractivity contribution in [3.8, 4) is 17.0 Å². The van der Waals surface area contributed by atoms with E-state index in [1.165, 1.54) is 22.3 Å². The Labute approximate surface area is 191 Å². The van der Waals surface area contributed by atoms with Crippen molar-refractivity contribution in [2.75, 3.05) is 18.5 Å². The van der Waals surface area contributed by atoms with Crippen LogP contribution in [0.15, 0.2) is 45.8 Å². The molecule has 5 rings (SSSR count). The van der Waals surface area contributed by atoms with E-state index in [9.17, 15) is 4.79 Å². The number of aromatic nitrogens is 1. The summed E-state index contributed by atoms with van der Waals surface area (Å²) in [5.41, 5.74) is 8.96. The van der Waals surface area contributed by atoms with Crippen molar-refractivity contribution < 1.29 is 9.53 Å². The zero-order chi connectivity index (χ0) is 22.2. The van der Waals surface area contributed by atoms with Crippen molar-refractivity contribution in [2.24, 2.45) is 10.1 Å². The summed E-state index contributed by atoms with van der Waals surface area (Å²) >= 11 is 1.58. The molecule has 7 heteroatoms. The number of nitrogens with one attached hydrogen (secondary N) is 1. The predicted octanol–water partition coefficient (Wildman–Crippen LogP) is 4.67. The number of hydrogen-bond acceptors (Lipinski definition) is 5. The van der Waals surface area contributed by atoms with Crippen molar-refractivity contribution in [3.05, 3.63) is 62.8 Å². The highest BCUT2D eigenvalue weighted by Gasteiger charge is 2.21. The van der Waals surface area contributed by atoms with Gasteiger partial charge in [0.1, 0.15) is 5.75 Å². The first kappa shape index (κ1) is 20.7. The zero-order valence-electron chi connectivity index (χ0n) is 18.6. The van der Waals surface area contributed by atoms with Gasteiger partial charge >= 0.3 is 0 Å². The minimum atomic E-state index is -0.140. The Morgan fingerprint density at radius 1 is 1.19 bits per heavy atom. The first-order valence-corrected chi connectivity index (χ1v) is 11.9. The molecule has 0 radical (unpaired) electrons. The smallest absolute Gasteiger partial charge is 0.262 e. The molecule has 0 fully saturated rings. The Bertz CT molecular complexity index is 1320. The molecule has 0 saturated heterocycles. The SMILES string of the molecule is CCN=c1scc(-c2ccc3c(c2)NC(=O)CO3)n1N=C1CCCc2c(C)cc(C)cc21. The molecule has 0 bridgehead atoms. The van der Waals surface area contributed by atoms with Gasteiger partial charge in [0.15, 0.2) is 6.61 Å². The van der Waals surface area contributed by atoms with Crippen molar-refractivity contribution in [2.45, 2.75) is 40.0 Å². The second-order valence-electron chi connectivity index (χ2n) is 8.25. The van der Waals surface area contributed by atoms with Crippen molar-refractivity contribution in [3.63, 3.8) is 0 Å². The first-order valence-electron chi connectivity index (χ1n) is 11.0. The summed E-state index contributed by atoms with van der Waals surface area (Å²) < 4.78 is 7.48. The molecule has 6 nitrogen and oxygen atoms in total. The highest BCUT2D eigenvalue weighted by Crippen LogP contribution is 2.33. The van der Waals surface area contributed by atoms with Crippen molar-refractivity contribution in [1.29, 1.82) is 0 Å². The fourth-order valence-electron chi connectivity index (χ4n) is 4.46. The van der Waals surface area contributed by atoms with E-state index in [0.29, 0.717) is 18.0 Å². The van der Waals surface area contributed by atoms with Crippen LogP contribution in [0.25, 0.3) is 11.3 Å². The molecule has 0 saturated carbocycles. The average molecular weight is 447 g/mol. The van der Waals surface area contributed by atoms with Gasteiger partial charge in [-0.15, -0.1) is 11.3 Å². The summed E-state index contributed by atoms with van der Waals surface area (Å²) in [6.45, 7) is 7.11. The molecule has 0 unspecified atom stereocenters. The molecule has 2 heterocycles. The number of amides is 1. The number of thiazole rings is 1. The molecule has 2 aromatic carbocycles. The minimum Gasteiger partial charge on any atom is -0.482 e. The minimum absolute atomic E-state index is 0.0518. The highest BCUT2D eigenvalue weighted by atomic mass is 32.1. The summed E-state index contributed by atoms with van der Waals surface area (Å²) in [6.07, 6.45) is 3.13. The summed E-state index contributed by atoms with van der Waals surface area (Å²) in [4.78, 5) is 17.3. The van der Waals surface area contributed by atoms with Crippen LogP contribution in [0.3, 0.4) is 0 Å². The molecular weight excluding hydrogens is 420 g/mol. The lowest BCUT2D eigenvalue weighted by Gasteiger charge is -2.21. The van der Waals surface area contributed by atoms with Gasteiger partial charge < -0.3 is 10.1 Å². The van der Waals surface area contributed by atoms with Gasteiger partial charge in [-0.2, -0.15) is 5.10 Å². The lowest BCUT2D eigenvalue weighted by Crippen LogP contribution is -2.25. The predicted molar refractivity (Wildman–Crippen MR) is 129 cm³/mol. The average Bonchev–Trinajstić information content (AvgIpc) is 3.16. The number of nitrogens with zero attached hydrogens (tertiary/aromatic N) is 3. The van der Waals surface area contributed by atoms with Gasteiger partial charge in [0.25, 0.3) is 5.91 Å². The van der Waals surface area contributed by atoms with Crippen LogP contribution in [0.1, 0.15) is 42.0 Å². The van der Waals surface area contributed by atoms with Gasteiger partial charge in [0.2, 0.25) is 4.80 Å². The maximum absolute atomic E-state index is 11.8. The summed E-state index contributed by atoms with van der Waals surface area (Å²) in [5, 5.41) is 10.1. The number of ether oxygens (including phenoxy) is 1. The number of anilines is 1. The summed E-state index contributed by atoms with van der Waals surface area (Å²) in [6, 6.07) is 10.4. The van der Waals surface area contributed by atoms with E-state index >= 15 is 0 Å². The van der Waals surface area contributed by atoms with Crippen LogP contribution in [-0.2, 0) is 11.2 Å². The normalized spacial score (nSPS) is 17.0. The lowest BCUT2D eigenvalue weighted by molar-refractivity contribution is -0.118. The number of carbonyl (C=O) groups excluding carboxylic acids is 1. The van der Waals surface area contributed by atoms with E-state index in [-0.39, 0.29) is 12.5 Å². The van der Waals surface area contributed by atoms with Crippen LogP contribution in [0, 0.1) is 13.8 Å². The van der Waals surface area contributed by atoms with E-state index in [0.717, 1.165) is 41.0 Å². The van der Waals surface area contributed by atoms with Gasteiger partial charge in [-0.3, -0.25) is 9.79 Å². The highest BCUT2D eigenvalue weighted by molar-refractivity contribution is 7.07. The fraction of sp³-hybridized carbons (Fsp3) is 0.320. The molecule has 32 heavy (non-hydrogen) atoms. The third-order valence-electron chi connectivity index (χ3n) is 5.88. The lowest BCUT2D eigenvalue weighted by atomic mass is 9.86. The second kappa shape index (κ2) is 8.39. The van der Waals surface area contributed by atoms with Gasteiger partial charge in [-0.05, 0) is 75.4 Å². The van der Waals surface area contributed by atoms with E-state index in [2.05, 4.69) is 41.7 Å². The molecule has 0 spiro atoms. The molecular formula is C25H26N4O2S. The number of hydrogen-bond donors (Lipinski definition) is 1. The van der Waals surface area contributed by atoms with E-state index in [1.54, 1.807) is 11.3 Å². The molecule has 2 aliphatic rings. The maximum atomic E-state index is 11.8. The van der Waals surface area contributed by atoms with Crippen LogP contribution in [-0.4, -0.2) is 29.4 Å². The van der Waals surface area contributed by atoms with Crippen LogP contribution in [0.5, 0.6) is 5.75 Å². The molecule has 1 amide bonds. The quantitative estimate of drug-likeness (QED) is 0.635. The van der Waals surface area contributed by atoms with Crippen LogP contribution in [0.4, 0.5) is 5.69 Å². The number of fused-ring (bicyclic) bond motifs is 2. The third-order valence-corrected chi connectivity index (χ3v) is 6.73. The molecule has 3 aromatic rings. The van der Waals surface area contributed by atoms with Crippen LogP contribution < -0.4 is 14.9 Å². The Morgan fingerprint density at radius 2 is 2.06 bits per heavy atom. The molecule has 164 valence electrons. The number of aryl methyl sites for hydroxylation is 2. The molecule has 1 N–H and O–H groups in total. The molecule has 1 aromatic heterocycles. The van der Waals surface area contributed by atoms with E-state index < -0.39 is 0 Å². The molecule has 1 aliphatic carbocycles. The Kier molecular flexibility index (Phi) is 5.43. The van der Waals surface area contributed by atoms with Gasteiger partial charge in [-0.1, -0.05) is 11.6 Å². The number of rotatable bonds is 3. The van der Waals surface area contributed by atoms with Gasteiger partial charge in [0, 0.05) is 23.1 Å². The van der Waals surface area contributed by atoms with E-state index in [1.807, 2.05) is 29.8 Å². The van der Waals surface area contributed by atoms with Crippen LogP contribution in [0.2, 0.25) is 0 Å². The topological polar surface area (TPSA) is 68.0 Å². The monoisotopic (exact) mass is 446 g/mol. The van der Waals surface area contributed by atoms with Gasteiger partial charge in [0.05, 0.1) is 17.1 Å². The summed E-state index contributed by atoms with van der Waals surface area (Å²) in [7, 11) is 0. The van der Waals surface area contributed by atoms with Crippen molar-refractivity contribution in [1.82, 2.24) is 4.68 Å². The second-order valence-corrected chi connectivity index (χ2v) is 9.08. The Balaban J connectivity index is 1.66. The van der Waals surface area contributed by atoms with Gasteiger partial charge in [-0.25, -0.2) is 4.68 Å². The summed E-state index contributed by atoms with van der Waals surface area (Å²) in [5.74, 6) is 0.548.